The molecule has 9 heteroatoms. The molecular weight excluding hydrogens is 360 g/mol. The molecule has 0 fully saturated rings. The number of primary amides is 1. The highest BCUT2D eigenvalue weighted by molar-refractivity contribution is 6.01. The Morgan fingerprint density at radius 1 is 1.11 bits per heavy atom. The molecule has 0 unspecified atom stereocenters. The topological polar surface area (TPSA) is 132 Å². The Morgan fingerprint density at radius 3 is 2.64 bits per heavy atom. The number of pyridine rings is 1. The summed E-state index contributed by atoms with van der Waals surface area (Å²) in [6.07, 6.45) is 6.31. The van der Waals surface area contributed by atoms with Gasteiger partial charge in [0.15, 0.2) is 5.82 Å². The van der Waals surface area contributed by atoms with Crippen LogP contribution in [0.25, 0.3) is 0 Å². The summed E-state index contributed by atoms with van der Waals surface area (Å²) in [7, 11) is 0. The van der Waals surface area contributed by atoms with Crippen LogP contribution < -0.4 is 21.1 Å². The fraction of sp³-hybridized carbons (Fsp3) is 0.105. The van der Waals surface area contributed by atoms with Gasteiger partial charge in [-0.1, -0.05) is 6.07 Å². The Bertz CT molecular complexity index is 977. The minimum absolute atomic E-state index is 0.204. The van der Waals surface area contributed by atoms with Gasteiger partial charge in [-0.3, -0.25) is 20.1 Å². The van der Waals surface area contributed by atoms with Gasteiger partial charge in [-0.15, -0.1) is 0 Å². The van der Waals surface area contributed by atoms with Crippen LogP contribution in [0.4, 0.5) is 16.3 Å². The lowest BCUT2D eigenvalue weighted by atomic mass is 10.1. The summed E-state index contributed by atoms with van der Waals surface area (Å²) in [4.78, 5) is 35.9. The number of nitrogens with two attached hydrogens (primary N) is 1. The molecule has 0 aliphatic rings. The van der Waals surface area contributed by atoms with Crippen LogP contribution >= 0.6 is 0 Å². The number of nitrogens with one attached hydrogen (secondary N) is 2. The number of benzene rings is 1. The van der Waals surface area contributed by atoms with Crippen LogP contribution in [0.5, 0.6) is 5.75 Å². The number of ether oxygens (including phenoxy) is 1. The molecule has 9 nitrogen and oxygen atoms in total. The van der Waals surface area contributed by atoms with E-state index in [1.54, 1.807) is 37.6 Å². The highest BCUT2D eigenvalue weighted by Crippen LogP contribution is 2.27. The van der Waals surface area contributed by atoms with Crippen molar-refractivity contribution in [3.63, 3.8) is 0 Å². The molecule has 3 aromatic rings. The summed E-state index contributed by atoms with van der Waals surface area (Å²) in [5, 5.41) is 5.24. The zero-order chi connectivity index (χ0) is 19.9. The molecule has 0 spiro atoms. The predicted octanol–water partition coefficient (Wildman–Crippen LogP) is 2.50. The number of nitrogens with zero attached hydrogens (tertiary/aromatic N) is 3. The van der Waals surface area contributed by atoms with Crippen LogP contribution in [0.1, 0.15) is 21.6 Å². The lowest BCUT2D eigenvalue weighted by molar-refractivity contribution is 0.1000. The van der Waals surface area contributed by atoms with Gasteiger partial charge in [-0.25, -0.2) is 9.78 Å². The molecule has 0 atom stereocenters. The molecule has 2 heterocycles. The lowest BCUT2D eigenvalue weighted by Gasteiger charge is -2.14. The van der Waals surface area contributed by atoms with Crippen molar-refractivity contribution in [3.05, 3.63) is 71.9 Å². The van der Waals surface area contributed by atoms with E-state index in [0.717, 1.165) is 11.3 Å². The molecule has 1 aromatic carbocycles. The zero-order valence-electron chi connectivity index (χ0n) is 15.0. The molecule has 0 aliphatic carbocycles. The SMILES string of the molecule is Cc1cnc(NC(=O)Nc2ccc(C(N)=O)cc2OCc2cccnc2)cn1. The maximum Gasteiger partial charge on any atom is 0.324 e. The molecule has 0 aliphatic heterocycles. The zero-order valence-corrected chi connectivity index (χ0v) is 15.0. The lowest BCUT2D eigenvalue weighted by Crippen LogP contribution is -2.21. The van der Waals surface area contributed by atoms with Gasteiger partial charge in [-0.05, 0) is 31.2 Å². The number of aromatic nitrogens is 3. The molecule has 2 aromatic heterocycles. The molecule has 0 radical (unpaired) electrons. The van der Waals surface area contributed by atoms with Gasteiger partial charge < -0.3 is 15.8 Å². The standard InChI is InChI=1S/C19H18N6O3/c1-12-8-23-17(10-22-12)25-19(27)24-15-5-4-14(18(20)26)7-16(15)28-11-13-3-2-6-21-9-13/h2-10H,11H2,1H3,(H2,20,26)(H2,23,24,25,27). The van der Waals surface area contributed by atoms with Gasteiger partial charge in [0.25, 0.3) is 0 Å². The minimum Gasteiger partial charge on any atom is -0.487 e. The van der Waals surface area contributed by atoms with Gasteiger partial charge in [0, 0.05) is 23.5 Å². The molecule has 28 heavy (non-hydrogen) atoms. The smallest absolute Gasteiger partial charge is 0.324 e. The largest absolute Gasteiger partial charge is 0.487 e. The first-order valence-corrected chi connectivity index (χ1v) is 8.33. The molecule has 3 rings (SSSR count). The van der Waals surface area contributed by atoms with E-state index in [9.17, 15) is 9.59 Å². The van der Waals surface area contributed by atoms with E-state index in [0.29, 0.717) is 17.3 Å². The van der Waals surface area contributed by atoms with Gasteiger partial charge in [0.1, 0.15) is 12.4 Å². The Balaban J connectivity index is 1.75. The van der Waals surface area contributed by atoms with Crippen molar-refractivity contribution in [2.45, 2.75) is 13.5 Å². The first-order valence-electron chi connectivity index (χ1n) is 8.33. The number of urea groups is 1. The highest BCUT2D eigenvalue weighted by atomic mass is 16.5. The maximum absolute atomic E-state index is 12.3. The van der Waals surface area contributed by atoms with E-state index in [1.807, 2.05) is 6.07 Å². The van der Waals surface area contributed by atoms with Crippen LogP contribution in [0.15, 0.2) is 55.1 Å². The Kier molecular flexibility index (Phi) is 5.75. The van der Waals surface area contributed by atoms with Gasteiger partial charge >= 0.3 is 6.03 Å². The van der Waals surface area contributed by atoms with E-state index in [-0.39, 0.29) is 12.2 Å². The van der Waals surface area contributed by atoms with E-state index in [4.69, 9.17) is 10.5 Å². The number of hydrogen-bond acceptors (Lipinski definition) is 6. The number of hydrogen-bond donors (Lipinski definition) is 3. The fourth-order valence-electron chi connectivity index (χ4n) is 2.27. The van der Waals surface area contributed by atoms with Gasteiger partial charge in [0.2, 0.25) is 5.91 Å². The number of aryl methyl sites for hydroxylation is 1. The number of rotatable bonds is 6. The fourth-order valence-corrected chi connectivity index (χ4v) is 2.27. The highest BCUT2D eigenvalue weighted by Gasteiger charge is 2.12. The summed E-state index contributed by atoms with van der Waals surface area (Å²) in [6.45, 7) is 2.00. The summed E-state index contributed by atoms with van der Waals surface area (Å²) in [6, 6.07) is 7.62. The van der Waals surface area contributed by atoms with Crippen molar-refractivity contribution in [2.75, 3.05) is 10.6 Å². The molecular formula is C19H18N6O3. The third-order valence-corrected chi connectivity index (χ3v) is 3.65. The first kappa shape index (κ1) is 18.8. The van der Waals surface area contributed by atoms with Crippen molar-refractivity contribution >= 4 is 23.4 Å². The molecule has 0 saturated carbocycles. The van der Waals surface area contributed by atoms with Crippen LogP contribution in [-0.2, 0) is 6.61 Å². The molecule has 0 saturated heterocycles. The Hall–Kier alpha value is -4.01. The van der Waals surface area contributed by atoms with E-state index in [2.05, 4.69) is 25.6 Å². The Labute approximate surface area is 161 Å². The predicted molar refractivity (Wildman–Crippen MR) is 103 cm³/mol. The third kappa shape index (κ3) is 5.01. The van der Waals surface area contributed by atoms with Crippen molar-refractivity contribution in [1.82, 2.24) is 15.0 Å². The Morgan fingerprint density at radius 2 is 1.96 bits per heavy atom. The maximum atomic E-state index is 12.3. The summed E-state index contributed by atoms with van der Waals surface area (Å²) in [5.74, 6) is -0.00265. The average molecular weight is 378 g/mol. The van der Waals surface area contributed by atoms with Crippen LogP contribution in [0, 0.1) is 6.92 Å². The van der Waals surface area contributed by atoms with Crippen LogP contribution in [0.3, 0.4) is 0 Å². The summed E-state index contributed by atoms with van der Waals surface area (Å²) < 4.78 is 5.76. The second-order valence-electron chi connectivity index (χ2n) is 5.85. The molecule has 4 N–H and O–H groups in total. The third-order valence-electron chi connectivity index (χ3n) is 3.65. The van der Waals surface area contributed by atoms with E-state index in [1.165, 1.54) is 18.3 Å². The minimum atomic E-state index is -0.600. The quantitative estimate of drug-likeness (QED) is 0.604. The number of carbonyl (C=O) groups is 2. The molecule has 0 bridgehead atoms. The molecule has 3 amide bonds. The van der Waals surface area contributed by atoms with Crippen molar-refractivity contribution in [2.24, 2.45) is 5.73 Å². The van der Waals surface area contributed by atoms with Crippen LogP contribution in [-0.4, -0.2) is 26.9 Å². The van der Waals surface area contributed by atoms with Gasteiger partial charge in [-0.2, -0.15) is 0 Å². The van der Waals surface area contributed by atoms with Crippen molar-refractivity contribution < 1.29 is 14.3 Å². The van der Waals surface area contributed by atoms with E-state index >= 15 is 0 Å². The molecule has 142 valence electrons. The van der Waals surface area contributed by atoms with Gasteiger partial charge in [0.05, 0.1) is 23.8 Å². The van der Waals surface area contributed by atoms with E-state index < -0.39 is 11.9 Å². The van der Waals surface area contributed by atoms with Crippen LogP contribution in [0.2, 0.25) is 0 Å². The summed E-state index contributed by atoms with van der Waals surface area (Å²) >= 11 is 0. The average Bonchev–Trinajstić information content (AvgIpc) is 2.69. The number of anilines is 2. The number of carbonyl (C=O) groups excluding carboxylic acids is 2. The monoisotopic (exact) mass is 378 g/mol. The first-order chi connectivity index (χ1) is 13.5. The van der Waals surface area contributed by atoms with Crippen molar-refractivity contribution in [1.29, 1.82) is 0 Å². The second kappa shape index (κ2) is 8.58. The number of amides is 3. The normalized spacial score (nSPS) is 10.2. The summed E-state index contributed by atoms with van der Waals surface area (Å²) in [5.41, 5.74) is 7.53. The second-order valence-corrected chi connectivity index (χ2v) is 5.85. The van der Waals surface area contributed by atoms with Crippen molar-refractivity contribution in [3.8, 4) is 5.75 Å².